The maximum absolute atomic E-state index is 11.1. The van der Waals surface area contributed by atoms with Gasteiger partial charge in [-0.1, -0.05) is 38.0 Å². The molecule has 1 aliphatic carbocycles. The molecule has 0 spiro atoms. The Labute approximate surface area is 116 Å². The van der Waals surface area contributed by atoms with Crippen molar-refractivity contribution in [3.05, 3.63) is 29.8 Å². The average Bonchev–Trinajstić information content (AvgIpc) is 2.61. The SMILES string of the molecule is CC1CCCC(O)(C2CCc3ccccc3N2)CC1. The zero-order valence-corrected chi connectivity index (χ0v) is 11.9. The van der Waals surface area contributed by atoms with E-state index in [1.807, 2.05) is 0 Å². The lowest BCUT2D eigenvalue weighted by Crippen LogP contribution is -2.48. The van der Waals surface area contributed by atoms with Crippen molar-refractivity contribution in [1.82, 2.24) is 0 Å². The second kappa shape index (κ2) is 5.16. The first-order chi connectivity index (χ1) is 9.17. The highest BCUT2D eigenvalue weighted by Gasteiger charge is 2.39. The molecule has 3 rings (SSSR count). The molecule has 3 atom stereocenters. The Morgan fingerprint density at radius 3 is 2.89 bits per heavy atom. The largest absolute Gasteiger partial charge is 0.388 e. The van der Waals surface area contributed by atoms with Crippen LogP contribution in [0.15, 0.2) is 24.3 Å². The van der Waals surface area contributed by atoms with Gasteiger partial charge in [-0.05, 0) is 49.7 Å². The Morgan fingerprint density at radius 2 is 2.00 bits per heavy atom. The first-order valence-electron chi connectivity index (χ1n) is 7.74. The van der Waals surface area contributed by atoms with Crippen LogP contribution in [0.4, 0.5) is 5.69 Å². The number of hydrogen-bond acceptors (Lipinski definition) is 2. The Kier molecular flexibility index (Phi) is 3.53. The molecule has 2 heteroatoms. The van der Waals surface area contributed by atoms with Gasteiger partial charge in [-0.3, -0.25) is 0 Å². The van der Waals surface area contributed by atoms with Gasteiger partial charge in [-0.15, -0.1) is 0 Å². The molecule has 0 amide bonds. The van der Waals surface area contributed by atoms with Gasteiger partial charge in [0.25, 0.3) is 0 Å². The van der Waals surface area contributed by atoms with E-state index in [0.717, 1.165) is 44.4 Å². The Morgan fingerprint density at radius 1 is 1.16 bits per heavy atom. The number of aliphatic hydroxyl groups is 1. The van der Waals surface area contributed by atoms with Gasteiger partial charge in [0.15, 0.2) is 0 Å². The molecular weight excluding hydrogens is 234 g/mol. The number of nitrogens with one attached hydrogen (secondary N) is 1. The molecule has 2 nitrogen and oxygen atoms in total. The van der Waals surface area contributed by atoms with Crippen LogP contribution >= 0.6 is 0 Å². The first-order valence-corrected chi connectivity index (χ1v) is 7.74. The third-order valence-corrected chi connectivity index (χ3v) is 5.07. The van der Waals surface area contributed by atoms with Gasteiger partial charge < -0.3 is 10.4 Å². The van der Waals surface area contributed by atoms with Crippen LogP contribution in [-0.4, -0.2) is 16.7 Å². The zero-order chi connectivity index (χ0) is 13.3. The van der Waals surface area contributed by atoms with Crippen molar-refractivity contribution in [2.75, 3.05) is 5.32 Å². The van der Waals surface area contributed by atoms with E-state index >= 15 is 0 Å². The summed E-state index contributed by atoms with van der Waals surface area (Å²) in [5.41, 5.74) is 2.12. The second-order valence-electron chi connectivity index (χ2n) is 6.53. The molecule has 1 saturated carbocycles. The fraction of sp³-hybridized carbons (Fsp3) is 0.647. The molecule has 0 aromatic heterocycles. The van der Waals surface area contributed by atoms with Crippen molar-refractivity contribution < 1.29 is 5.11 Å². The van der Waals surface area contributed by atoms with Crippen molar-refractivity contribution in [3.63, 3.8) is 0 Å². The van der Waals surface area contributed by atoms with Gasteiger partial charge in [-0.2, -0.15) is 0 Å². The first kappa shape index (κ1) is 13.0. The lowest BCUT2D eigenvalue weighted by atomic mass is 9.81. The second-order valence-corrected chi connectivity index (χ2v) is 6.53. The van der Waals surface area contributed by atoms with Gasteiger partial charge >= 0.3 is 0 Å². The maximum Gasteiger partial charge on any atom is 0.0848 e. The summed E-state index contributed by atoms with van der Waals surface area (Å²) < 4.78 is 0. The molecule has 0 bridgehead atoms. The summed E-state index contributed by atoms with van der Waals surface area (Å²) in [5.74, 6) is 0.768. The third kappa shape index (κ3) is 2.64. The van der Waals surface area contributed by atoms with E-state index in [9.17, 15) is 5.11 Å². The van der Waals surface area contributed by atoms with Gasteiger partial charge in [0.1, 0.15) is 0 Å². The van der Waals surface area contributed by atoms with Crippen LogP contribution in [0.1, 0.15) is 51.0 Å². The van der Waals surface area contributed by atoms with Crippen LogP contribution < -0.4 is 5.32 Å². The molecule has 1 heterocycles. The molecule has 0 radical (unpaired) electrons. The van der Waals surface area contributed by atoms with Crippen LogP contribution in [0.5, 0.6) is 0 Å². The fourth-order valence-electron chi connectivity index (χ4n) is 3.71. The minimum atomic E-state index is -0.502. The number of hydrogen-bond donors (Lipinski definition) is 2. The lowest BCUT2D eigenvalue weighted by molar-refractivity contribution is 0.00205. The van der Waals surface area contributed by atoms with Gasteiger partial charge in [-0.25, -0.2) is 0 Å². The number of anilines is 1. The van der Waals surface area contributed by atoms with Crippen molar-refractivity contribution in [2.45, 2.75) is 63.5 Å². The van der Waals surface area contributed by atoms with E-state index in [1.165, 1.54) is 17.7 Å². The van der Waals surface area contributed by atoms with Crippen LogP contribution in [0.2, 0.25) is 0 Å². The molecule has 1 fully saturated rings. The number of fused-ring (bicyclic) bond motifs is 1. The molecular formula is C17H25NO. The molecule has 1 aliphatic heterocycles. The summed E-state index contributed by atoms with van der Waals surface area (Å²) in [6, 6.07) is 8.74. The average molecular weight is 259 g/mol. The molecule has 3 unspecified atom stereocenters. The highest BCUT2D eigenvalue weighted by atomic mass is 16.3. The molecule has 2 N–H and O–H groups in total. The number of para-hydroxylation sites is 1. The predicted molar refractivity (Wildman–Crippen MR) is 79.4 cm³/mol. The maximum atomic E-state index is 11.1. The highest BCUT2D eigenvalue weighted by molar-refractivity contribution is 5.54. The normalized spacial score (nSPS) is 35.1. The minimum Gasteiger partial charge on any atom is -0.388 e. The number of benzene rings is 1. The van der Waals surface area contributed by atoms with E-state index < -0.39 is 5.60 Å². The van der Waals surface area contributed by atoms with Gasteiger partial charge in [0.05, 0.1) is 11.6 Å². The van der Waals surface area contributed by atoms with E-state index in [2.05, 4.69) is 36.5 Å². The third-order valence-electron chi connectivity index (χ3n) is 5.07. The van der Waals surface area contributed by atoms with Crippen LogP contribution in [0.3, 0.4) is 0 Å². The van der Waals surface area contributed by atoms with Crippen LogP contribution in [-0.2, 0) is 6.42 Å². The van der Waals surface area contributed by atoms with Gasteiger partial charge in [0.2, 0.25) is 0 Å². The summed E-state index contributed by atoms with van der Waals surface area (Å²) in [6.45, 7) is 2.31. The fourth-order valence-corrected chi connectivity index (χ4v) is 3.71. The Balaban J connectivity index is 1.76. The van der Waals surface area contributed by atoms with E-state index in [-0.39, 0.29) is 6.04 Å². The summed E-state index contributed by atoms with van der Waals surface area (Å²) in [7, 11) is 0. The monoisotopic (exact) mass is 259 g/mol. The topological polar surface area (TPSA) is 32.3 Å². The zero-order valence-electron chi connectivity index (χ0n) is 11.9. The lowest BCUT2D eigenvalue weighted by Gasteiger charge is -2.40. The number of rotatable bonds is 1. The van der Waals surface area contributed by atoms with Gasteiger partial charge in [0, 0.05) is 5.69 Å². The van der Waals surface area contributed by atoms with Crippen LogP contribution in [0.25, 0.3) is 0 Å². The molecule has 104 valence electrons. The van der Waals surface area contributed by atoms with E-state index in [4.69, 9.17) is 0 Å². The molecule has 19 heavy (non-hydrogen) atoms. The standard InChI is InChI=1S/C17H25NO/c1-13-5-4-11-17(19,12-10-13)16-9-8-14-6-2-3-7-15(14)18-16/h2-3,6-7,13,16,18-19H,4-5,8-12H2,1H3. The summed E-state index contributed by atoms with van der Waals surface area (Å²) >= 11 is 0. The molecule has 1 aromatic carbocycles. The van der Waals surface area contributed by atoms with Crippen molar-refractivity contribution >= 4 is 5.69 Å². The van der Waals surface area contributed by atoms with E-state index in [1.54, 1.807) is 0 Å². The predicted octanol–water partition coefficient (Wildman–Crippen LogP) is 3.74. The molecule has 2 aliphatic rings. The summed E-state index contributed by atoms with van der Waals surface area (Å²) in [4.78, 5) is 0. The smallest absolute Gasteiger partial charge is 0.0848 e. The minimum absolute atomic E-state index is 0.229. The number of aryl methyl sites for hydroxylation is 1. The molecule has 1 aromatic rings. The highest BCUT2D eigenvalue weighted by Crippen LogP contribution is 2.37. The van der Waals surface area contributed by atoms with Crippen molar-refractivity contribution in [2.24, 2.45) is 5.92 Å². The quantitative estimate of drug-likeness (QED) is 0.753. The van der Waals surface area contributed by atoms with Crippen LogP contribution in [0, 0.1) is 5.92 Å². The van der Waals surface area contributed by atoms with Crippen molar-refractivity contribution in [3.8, 4) is 0 Å². The summed E-state index contributed by atoms with van der Waals surface area (Å²) in [6.07, 6.45) is 7.65. The molecule has 0 saturated heterocycles. The van der Waals surface area contributed by atoms with Crippen molar-refractivity contribution in [1.29, 1.82) is 0 Å². The Hall–Kier alpha value is -1.02. The van der Waals surface area contributed by atoms with E-state index in [0.29, 0.717) is 0 Å². The summed E-state index contributed by atoms with van der Waals surface area (Å²) in [5, 5.41) is 14.7. The Bertz CT molecular complexity index is 445.